The highest BCUT2D eigenvalue weighted by Gasteiger charge is 1.84. The fraction of sp³-hybridized carbons (Fsp3) is 0.400. The zero-order chi connectivity index (χ0) is 11.1. The zero-order valence-electron chi connectivity index (χ0n) is 7.14. The number of rotatable bonds is 2. The molecule has 13 heavy (non-hydrogen) atoms. The molecule has 0 amide bonds. The number of guanidine groups is 1. The van der Waals surface area contributed by atoms with Gasteiger partial charge < -0.3 is 11.5 Å². The number of aliphatic imine (C=N–C) groups is 1. The van der Waals surface area contributed by atoms with E-state index in [0.717, 1.165) is 5.57 Å². The minimum absolute atomic E-state index is 0.119. The molecule has 0 aliphatic rings. The quantitative estimate of drug-likeness (QED) is 0.204. The van der Waals surface area contributed by atoms with Crippen LogP contribution < -0.4 is 11.5 Å². The van der Waals surface area contributed by atoms with E-state index in [1.165, 1.54) is 0 Å². The molecule has 0 aromatic rings. The van der Waals surface area contributed by atoms with E-state index in [9.17, 15) is 0 Å². The first-order valence-electron chi connectivity index (χ1n) is 3.02. The molecule has 0 radical (unpaired) electrons. The Bertz CT molecular complexity index is 270. The van der Waals surface area contributed by atoms with Crippen LogP contribution in [0, 0.1) is 0 Å². The monoisotopic (exact) mass is 211 g/mol. The molecular weight excluding hydrogens is 198 g/mol. The van der Waals surface area contributed by atoms with E-state index >= 15 is 0 Å². The van der Waals surface area contributed by atoms with Crippen LogP contribution in [0.3, 0.4) is 0 Å². The van der Waals surface area contributed by atoms with E-state index in [-0.39, 0.29) is 5.96 Å². The molecule has 7 nitrogen and oxygen atoms in total. The molecule has 0 aromatic carbocycles. The van der Waals surface area contributed by atoms with E-state index in [2.05, 4.69) is 11.6 Å². The number of hydrogen-bond acceptors (Lipinski definition) is 3. The summed E-state index contributed by atoms with van der Waals surface area (Å²) in [7, 11) is -4.67. The van der Waals surface area contributed by atoms with Crippen LogP contribution in [0.5, 0.6) is 0 Å². The lowest BCUT2D eigenvalue weighted by Gasteiger charge is -1.90. The van der Waals surface area contributed by atoms with E-state index in [1.54, 1.807) is 0 Å². The molecule has 0 saturated carbocycles. The van der Waals surface area contributed by atoms with Crippen molar-refractivity contribution in [3.05, 3.63) is 12.2 Å². The molecule has 0 rings (SSSR count). The Labute approximate surface area is 76.7 Å². The fourth-order valence-electron chi connectivity index (χ4n) is 0.226. The van der Waals surface area contributed by atoms with E-state index in [4.69, 9.17) is 29.0 Å². The Morgan fingerprint density at radius 1 is 1.46 bits per heavy atom. The van der Waals surface area contributed by atoms with E-state index in [1.807, 2.05) is 6.92 Å². The highest BCUT2D eigenvalue weighted by Crippen LogP contribution is 1.84. The highest BCUT2D eigenvalue weighted by atomic mass is 32.3. The van der Waals surface area contributed by atoms with Crippen LogP contribution in [0.25, 0.3) is 0 Å². The van der Waals surface area contributed by atoms with Crippen LogP contribution >= 0.6 is 0 Å². The molecule has 0 heterocycles. The van der Waals surface area contributed by atoms with Crippen molar-refractivity contribution >= 4 is 16.4 Å². The molecule has 78 valence electrons. The van der Waals surface area contributed by atoms with Crippen molar-refractivity contribution in [3.63, 3.8) is 0 Å². The first-order chi connectivity index (χ1) is 5.63. The van der Waals surface area contributed by atoms with Gasteiger partial charge in [-0.2, -0.15) is 8.42 Å². The summed E-state index contributed by atoms with van der Waals surface area (Å²) in [4.78, 5) is 3.70. The molecule has 0 atom stereocenters. The average Bonchev–Trinajstić information content (AvgIpc) is 1.79. The summed E-state index contributed by atoms with van der Waals surface area (Å²) in [6.45, 7) is 6.01. The Kier molecular flexibility index (Phi) is 7.09. The Morgan fingerprint density at radius 3 is 1.85 bits per heavy atom. The molecule has 8 heteroatoms. The Morgan fingerprint density at radius 2 is 1.77 bits per heavy atom. The molecule has 0 aromatic heterocycles. The summed E-state index contributed by atoms with van der Waals surface area (Å²) >= 11 is 0. The van der Waals surface area contributed by atoms with Gasteiger partial charge in [0.2, 0.25) is 0 Å². The van der Waals surface area contributed by atoms with Gasteiger partial charge in [-0.1, -0.05) is 12.2 Å². The first-order valence-corrected chi connectivity index (χ1v) is 4.42. The van der Waals surface area contributed by atoms with E-state index in [0.29, 0.717) is 6.54 Å². The topological polar surface area (TPSA) is 139 Å². The maximum Gasteiger partial charge on any atom is 0.394 e. The first kappa shape index (κ1) is 14.4. The lowest BCUT2D eigenvalue weighted by molar-refractivity contribution is 0.381. The van der Waals surface area contributed by atoms with Crippen molar-refractivity contribution in [2.75, 3.05) is 6.54 Å². The van der Waals surface area contributed by atoms with Crippen molar-refractivity contribution in [2.45, 2.75) is 6.92 Å². The van der Waals surface area contributed by atoms with Crippen LogP contribution in [-0.4, -0.2) is 30.0 Å². The Balaban J connectivity index is 0. The SMILES string of the molecule is C=C(C)CN=C(N)N.O=S(=O)(O)O. The van der Waals surface area contributed by atoms with Crippen LogP contribution in [0.2, 0.25) is 0 Å². The molecule has 0 bridgehead atoms. The number of hydrogen-bond donors (Lipinski definition) is 4. The van der Waals surface area contributed by atoms with Crippen molar-refractivity contribution in [2.24, 2.45) is 16.5 Å². The van der Waals surface area contributed by atoms with Crippen LogP contribution in [0.1, 0.15) is 6.92 Å². The van der Waals surface area contributed by atoms with Gasteiger partial charge in [-0.3, -0.25) is 9.11 Å². The molecule has 0 saturated heterocycles. The normalized spacial score (nSPS) is 9.46. The number of nitrogens with two attached hydrogens (primary N) is 2. The van der Waals surface area contributed by atoms with Gasteiger partial charge >= 0.3 is 10.4 Å². The number of nitrogens with zero attached hydrogens (tertiary/aromatic N) is 1. The van der Waals surface area contributed by atoms with Crippen molar-refractivity contribution < 1.29 is 17.5 Å². The molecule has 0 fully saturated rings. The smallest absolute Gasteiger partial charge is 0.370 e. The molecular formula is C5H13N3O4S. The third kappa shape index (κ3) is 57.0. The van der Waals surface area contributed by atoms with Gasteiger partial charge in [0.05, 0.1) is 6.54 Å². The van der Waals surface area contributed by atoms with Gasteiger partial charge in [-0.15, -0.1) is 0 Å². The summed E-state index contributed by atoms with van der Waals surface area (Å²) in [6, 6.07) is 0. The summed E-state index contributed by atoms with van der Waals surface area (Å²) in [5.74, 6) is 0.119. The molecule has 6 N–H and O–H groups in total. The predicted octanol–water partition coefficient (Wildman–Crippen LogP) is -0.817. The predicted molar refractivity (Wildman–Crippen MR) is 49.7 cm³/mol. The maximum atomic E-state index is 8.74. The minimum Gasteiger partial charge on any atom is -0.370 e. The maximum absolute atomic E-state index is 8.74. The van der Waals surface area contributed by atoms with Crippen molar-refractivity contribution in [1.82, 2.24) is 0 Å². The fourth-order valence-corrected chi connectivity index (χ4v) is 0.226. The van der Waals surface area contributed by atoms with Gasteiger partial charge in [0, 0.05) is 0 Å². The summed E-state index contributed by atoms with van der Waals surface area (Å²) in [5, 5.41) is 0. The van der Waals surface area contributed by atoms with Gasteiger partial charge in [-0.25, -0.2) is 4.99 Å². The third-order valence-electron chi connectivity index (χ3n) is 0.532. The summed E-state index contributed by atoms with van der Waals surface area (Å²) in [5.41, 5.74) is 11.0. The molecule has 0 aliphatic heterocycles. The highest BCUT2D eigenvalue weighted by molar-refractivity contribution is 7.79. The minimum atomic E-state index is -4.67. The third-order valence-corrected chi connectivity index (χ3v) is 0.532. The zero-order valence-corrected chi connectivity index (χ0v) is 7.95. The second kappa shape index (κ2) is 6.40. The molecule has 0 aliphatic carbocycles. The molecule has 0 spiro atoms. The van der Waals surface area contributed by atoms with Gasteiger partial charge in [0.1, 0.15) is 0 Å². The second-order valence-corrected chi connectivity index (χ2v) is 3.04. The van der Waals surface area contributed by atoms with E-state index < -0.39 is 10.4 Å². The Hall–Kier alpha value is -1.12. The average molecular weight is 211 g/mol. The molecule has 0 unspecified atom stereocenters. The van der Waals surface area contributed by atoms with Crippen LogP contribution in [0.4, 0.5) is 0 Å². The van der Waals surface area contributed by atoms with Crippen LogP contribution in [0.15, 0.2) is 17.1 Å². The van der Waals surface area contributed by atoms with Crippen LogP contribution in [-0.2, 0) is 10.4 Å². The van der Waals surface area contributed by atoms with Gasteiger partial charge in [0.15, 0.2) is 5.96 Å². The largest absolute Gasteiger partial charge is 0.394 e. The second-order valence-electron chi connectivity index (χ2n) is 2.15. The standard InChI is InChI=1S/C5H11N3.H2O4S/c1-4(2)3-8-5(6)7;1-5(2,3)4/h1,3H2,2H3,(H4,6,7,8);(H2,1,2,3,4). The lowest BCUT2D eigenvalue weighted by atomic mass is 10.4. The lowest BCUT2D eigenvalue weighted by Crippen LogP contribution is -2.23. The van der Waals surface area contributed by atoms with Gasteiger partial charge in [0.25, 0.3) is 0 Å². The van der Waals surface area contributed by atoms with Crippen molar-refractivity contribution in [3.8, 4) is 0 Å². The van der Waals surface area contributed by atoms with Crippen molar-refractivity contribution in [1.29, 1.82) is 0 Å². The summed E-state index contributed by atoms with van der Waals surface area (Å²) in [6.07, 6.45) is 0. The van der Waals surface area contributed by atoms with Gasteiger partial charge in [-0.05, 0) is 6.92 Å². The summed E-state index contributed by atoms with van der Waals surface area (Å²) < 4.78 is 31.6.